The molecule has 178 valence electrons. The lowest BCUT2D eigenvalue weighted by Gasteiger charge is -2.24. The Bertz CT molecular complexity index is 1240. The minimum Gasteiger partial charge on any atom is -0.457 e. The Hall–Kier alpha value is -3.22. The summed E-state index contributed by atoms with van der Waals surface area (Å²) < 4.78 is 5.87. The first-order valence-electron chi connectivity index (χ1n) is 11.7. The highest BCUT2D eigenvalue weighted by atomic mass is 35.5. The Balaban J connectivity index is 1.44. The van der Waals surface area contributed by atoms with E-state index in [1.54, 1.807) is 36.4 Å². The molecule has 0 saturated carbocycles. The van der Waals surface area contributed by atoms with E-state index >= 15 is 0 Å². The van der Waals surface area contributed by atoms with Gasteiger partial charge in [-0.3, -0.25) is 9.59 Å². The van der Waals surface area contributed by atoms with Crippen molar-refractivity contribution in [2.45, 2.75) is 30.6 Å². The Morgan fingerprint density at radius 2 is 1.34 bits per heavy atom. The maximum Gasteiger partial charge on any atom is 0.283 e. The Morgan fingerprint density at radius 1 is 0.714 bits per heavy atom. The van der Waals surface area contributed by atoms with Gasteiger partial charge < -0.3 is 9.64 Å². The summed E-state index contributed by atoms with van der Waals surface area (Å²) in [7, 11) is 0. The van der Waals surface area contributed by atoms with E-state index in [2.05, 4.69) is 4.90 Å². The molecule has 0 unspecified atom stereocenters. The molecule has 0 spiro atoms. The van der Waals surface area contributed by atoms with Gasteiger partial charge in [0.25, 0.3) is 11.8 Å². The summed E-state index contributed by atoms with van der Waals surface area (Å²) in [4.78, 5) is 32.1. The largest absolute Gasteiger partial charge is 0.457 e. The smallest absolute Gasteiger partial charge is 0.283 e. The monoisotopic (exact) mass is 504 g/mol. The lowest BCUT2D eigenvalue weighted by Crippen LogP contribution is -2.35. The average molecular weight is 505 g/mol. The van der Waals surface area contributed by atoms with Crippen LogP contribution in [0.2, 0.25) is 5.02 Å². The highest BCUT2D eigenvalue weighted by molar-refractivity contribution is 8.04. The molecule has 7 heteroatoms. The first-order chi connectivity index (χ1) is 17.1. The van der Waals surface area contributed by atoms with Crippen LogP contribution in [0.4, 0.5) is 5.69 Å². The van der Waals surface area contributed by atoms with Gasteiger partial charge in [0.2, 0.25) is 0 Å². The Kier molecular flexibility index (Phi) is 7.11. The van der Waals surface area contributed by atoms with Gasteiger partial charge in [0.15, 0.2) is 0 Å². The predicted molar refractivity (Wildman–Crippen MR) is 140 cm³/mol. The summed E-state index contributed by atoms with van der Waals surface area (Å²) in [6, 6.07) is 23.9. The highest BCUT2D eigenvalue weighted by Crippen LogP contribution is 2.40. The Morgan fingerprint density at radius 3 is 2.00 bits per heavy atom. The number of likely N-dealkylation sites (tertiary alicyclic amines) is 1. The molecule has 2 amide bonds. The summed E-state index contributed by atoms with van der Waals surface area (Å²) in [6.45, 7) is 1.55. The number of thioether (sulfide) groups is 1. The zero-order valence-corrected chi connectivity index (χ0v) is 20.7. The summed E-state index contributed by atoms with van der Waals surface area (Å²) in [5.74, 6) is 0.784. The highest BCUT2D eigenvalue weighted by Gasteiger charge is 2.42. The minimum absolute atomic E-state index is 0.273. The van der Waals surface area contributed by atoms with Crippen molar-refractivity contribution in [1.29, 1.82) is 0 Å². The molecule has 0 aliphatic carbocycles. The number of amides is 2. The van der Waals surface area contributed by atoms with Crippen molar-refractivity contribution in [1.82, 2.24) is 4.90 Å². The third-order valence-electron chi connectivity index (χ3n) is 6.05. The van der Waals surface area contributed by atoms with E-state index in [0.717, 1.165) is 49.4 Å². The van der Waals surface area contributed by atoms with Gasteiger partial charge in [0.05, 0.1) is 5.69 Å². The lowest BCUT2D eigenvalue weighted by atomic mass is 10.2. The van der Waals surface area contributed by atoms with Crippen LogP contribution in [0.25, 0.3) is 0 Å². The summed E-state index contributed by atoms with van der Waals surface area (Å²) in [6.07, 6.45) is 4.29. The molecule has 3 aromatic carbocycles. The van der Waals surface area contributed by atoms with Crippen molar-refractivity contribution >= 4 is 40.9 Å². The van der Waals surface area contributed by atoms with Crippen LogP contribution in [0.3, 0.4) is 0 Å². The van der Waals surface area contributed by atoms with Gasteiger partial charge in [-0.25, -0.2) is 4.90 Å². The van der Waals surface area contributed by atoms with E-state index in [1.807, 2.05) is 42.5 Å². The third-order valence-corrected chi connectivity index (χ3v) is 7.38. The first kappa shape index (κ1) is 23.5. The number of para-hydroxylation sites is 1. The maximum absolute atomic E-state index is 13.7. The second-order valence-electron chi connectivity index (χ2n) is 8.49. The van der Waals surface area contributed by atoms with Crippen LogP contribution in [0, 0.1) is 0 Å². The fraction of sp³-hybridized carbons (Fsp3) is 0.214. The van der Waals surface area contributed by atoms with Gasteiger partial charge in [-0.05, 0) is 73.5 Å². The average Bonchev–Trinajstić information content (AvgIpc) is 3.04. The summed E-state index contributed by atoms with van der Waals surface area (Å²) in [5.41, 5.74) is 1.03. The van der Waals surface area contributed by atoms with E-state index < -0.39 is 0 Å². The lowest BCUT2D eigenvalue weighted by molar-refractivity contribution is -0.121. The number of rotatable bonds is 6. The number of hydrogen-bond acceptors (Lipinski definition) is 5. The van der Waals surface area contributed by atoms with Gasteiger partial charge in [-0.1, -0.05) is 54.4 Å². The molecule has 0 aromatic heterocycles. The predicted octanol–water partition coefficient (Wildman–Crippen LogP) is 6.89. The van der Waals surface area contributed by atoms with E-state index in [4.69, 9.17) is 16.3 Å². The van der Waals surface area contributed by atoms with Crippen molar-refractivity contribution in [2.75, 3.05) is 18.0 Å². The fourth-order valence-corrected chi connectivity index (χ4v) is 5.43. The second-order valence-corrected chi connectivity index (χ2v) is 10.0. The molecule has 2 aliphatic heterocycles. The number of benzene rings is 3. The van der Waals surface area contributed by atoms with Crippen LogP contribution in [-0.4, -0.2) is 29.8 Å². The van der Waals surface area contributed by atoms with Gasteiger partial charge in [0.1, 0.15) is 22.1 Å². The SMILES string of the molecule is O=C1C(Sc2ccc(Cl)cc2)=C(N2CCCCCC2)C(=O)N1c1ccc(Oc2ccccc2)cc1. The van der Waals surface area contributed by atoms with Gasteiger partial charge in [0, 0.05) is 23.0 Å². The molecule has 2 heterocycles. The zero-order valence-electron chi connectivity index (χ0n) is 19.2. The van der Waals surface area contributed by atoms with Crippen molar-refractivity contribution in [3.05, 3.63) is 94.5 Å². The first-order valence-corrected chi connectivity index (χ1v) is 12.9. The van der Waals surface area contributed by atoms with Gasteiger partial charge in [-0.2, -0.15) is 0 Å². The Labute approximate surface area is 214 Å². The van der Waals surface area contributed by atoms with E-state index in [-0.39, 0.29) is 11.8 Å². The number of imide groups is 1. The van der Waals surface area contributed by atoms with E-state index in [0.29, 0.717) is 27.1 Å². The van der Waals surface area contributed by atoms with Crippen molar-refractivity contribution in [3.8, 4) is 11.5 Å². The molecule has 2 aliphatic rings. The van der Waals surface area contributed by atoms with Gasteiger partial charge >= 0.3 is 0 Å². The van der Waals surface area contributed by atoms with Gasteiger partial charge in [-0.15, -0.1) is 0 Å². The number of hydrogen-bond donors (Lipinski definition) is 0. The maximum atomic E-state index is 13.7. The van der Waals surface area contributed by atoms with E-state index in [9.17, 15) is 9.59 Å². The van der Waals surface area contributed by atoms with Crippen LogP contribution >= 0.6 is 23.4 Å². The molecule has 1 fully saturated rings. The molecule has 0 N–H and O–H groups in total. The standard InChI is InChI=1S/C28H25ClN2O3S/c29-20-10-16-24(17-11-20)35-26-25(30-18-6-1-2-7-19-30)27(32)31(28(26)33)21-12-14-23(15-13-21)34-22-8-4-3-5-9-22/h3-5,8-17H,1-2,6-7,18-19H2. The number of carbonyl (C=O) groups is 2. The fourth-order valence-electron chi connectivity index (χ4n) is 4.31. The topological polar surface area (TPSA) is 49.9 Å². The van der Waals surface area contributed by atoms with Crippen LogP contribution in [0.15, 0.2) is 94.4 Å². The number of carbonyl (C=O) groups excluding carboxylic acids is 2. The number of halogens is 1. The normalized spacial score (nSPS) is 16.6. The molecule has 0 atom stereocenters. The van der Waals surface area contributed by atoms with Crippen LogP contribution in [-0.2, 0) is 9.59 Å². The van der Waals surface area contributed by atoms with Crippen LogP contribution < -0.4 is 9.64 Å². The minimum atomic E-state index is -0.300. The van der Waals surface area contributed by atoms with Crippen LogP contribution in [0.1, 0.15) is 25.7 Å². The van der Waals surface area contributed by atoms with Crippen molar-refractivity contribution in [2.24, 2.45) is 0 Å². The van der Waals surface area contributed by atoms with E-state index in [1.165, 1.54) is 16.7 Å². The number of ether oxygens (including phenoxy) is 1. The van der Waals surface area contributed by atoms with Crippen molar-refractivity contribution < 1.29 is 14.3 Å². The second kappa shape index (κ2) is 10.6. The number of nitrogens with zero attached hydrogens (tertiary/aromatic N) is 2. The molecule has 5 rings (SSSR count). The molecule has 0 bridgehead atoms. The van der Waals surface area contributed by atoms with Crippen molar-refractivity contribution in [3.63, 3.8) is 0 Å². The third kappa shape index (κ3) is 5.24. The summed E-state index contributed by atoms with van der Waals surface area (Å²) in [5, 5.41) is 0.629. The zero-order chi connectivity index (χ0) is 24.2. The molecular formula is C28H25ClN2O3S. The van der Waals surface area contributed by atoms with Crippen LogP contribution in [0.5, 0.6) is 11.5 Å². The molecule has 3 aromatic rings. The molecule has 0 radical (unpaired) electrons. The molecule has 5 nitrogen and oxygen atoms in total. The number of anilines is 1. The molecular weight excluding hydrogens is 480 g/mol. The molecule has 35 heavy (non-hydrogen) atoms. The quantitative estimate of drug-likeness (QED) is 0.342. The molecule has 1 saturated heterocycles. The summed E-state index contributed by atoms with van der Waals surface area (Å²) >= 11 is 7.37.